The first-order chi connectivity index (χ1) is 7.30. The Morgan fingerprint density at radius 2 is 2.12 bits per heavy atom. The monoisotopic (exact) mass is 225 g/mol. The lowest BCUT2D eigenvalue weighted by Crippen LogP contribution is -2.45. The van der Waals surface area contributed by atoms with Gasteiger partial charge in [-0.3, -0.25) is 4.79 Å². The molecule has 5 heteroatoms. The van der Waals surface area contributed by atoms with Crippen LogP contribution in [0.3, 0.4) is 0 Å². The minimum absolute atomic E-state index is 0.305. The average molecular weight is 225 g/mol. The molecule has 0 saturated carbocycles. The molecule has 0 spiro atoms. The number of anilines is 1. The van der Waals surface area contributed by atoms with Crippen molar-refractivity contribution < 1.29 is 9.18 Å². The number of nitrogens with one attached hydrogen (secondary N) is 1. The molecule has 3 N–H and O–H groups in total. The first-order valence-corrected chi connectivity index (χ1v) is 4.98. The number of carbonyl (C=O) groups excluding carboxylic acids is 1. The number of halogens is 1. The topological polar surface area (TPSA) is 68.0 Å². The van der Waals surface area contributed by atoms with Crippen LogP contribution >= 0.6 is 0 Å². The molecule has 1 aromatic heterocycles. The highest BCUT2D eigenvalue weighted by Crippen LogP contribution is 2.18. The fourth-order valence-electron chi connectivity index (χ4n) is 1.06. The molecule has 0 aliphatic carbocycles. The molecule has 1 amide bonds. The van der Waals surface area contributed by atoms with Crippen molar-refractivity contribution in [3.05, 3.63) is 24.3 Å². The van der Waals surface area contributed by atoms with Crippen molar-refractivity contribution in [2.24, 2.45) is 11.1 Å². The van der Waals surface area contributed by atoms with Crippen molar-refractivity contribution in [2.45, 2.75) is 26.8 Å². The summed E-state index contributed by atoms with van der Waals surface area (Å²) in [5, 5.41) is 2.58. The van der Waals surface area contributed by atoms with Crippen LogP contribution in [0.25, 0.3) is 0 Å². The number of aromatic nitrogens is 1. The summed E-state index contributed by atoms with van der Waals surface area (Å²) >= 11 is 0. The van der Waals surface area contributed by atoms with Gasteiger partial charge in [0, 0.05) is 0 Å². The van der Waals surface area contributed by atoms with Crippen molar-refractivity contribution >= 4 is 11.6 Å². The van der Waals surface area contributed by atoms with Gasteiger partial charge >= 0.3 is 0 Å². The van der Waals surface area contributed by atoms with Crippen LogP contribution in [0.5, 0.6) is 0 Å². The van der Waals surface area contributed by atoms with Crippen LogP contribution in [0.4, 0.5) is 10.1 Å². The Morgan fingerprint density at radius 3 is 2.56 bits per heavy atom. The third kappa shape index (κ3) is 3.27. The maximum absolute atomic E-state index is 12.5. The Hall–Kier alpha value is -1.49. The molecule has 1 rings (SSSR count). The second-order valence-corrected chi connectivity index (χ2v) is 4.70. The van der Waals surface area contributed by atoms with Gasteiger partial charge in [-0.2, -0.15) is 4.39 Å². The van der Waals surface area contributed by atoms with E-state index in [0.29, 0.717) is 5.69 Å². The molecule has 4 nitrogen and oxygen atoms in total. The lowest BCUT2D eigenvalue weighted by atomic mass is 9.87. The molecule has 0 bridgehead atoms. The highest BCUT2D eigenvalue weighted by molar-refractivity contribution is 5.95. The van der Waals surface area contributed by atoms with Gasteiger partial charge in [-0.05, 0) is 17.5 Å². The van der Waals surface area contributed by atoms with Gasteiger partial charge in [0.25, 0.3) is 0 Å². The van der Waals surface area contributed by atoms with Crippen molar-refractivity contribution in [3.8, 4) is 0 Å². The number of pyridine rings is 1. The molecule has 16 heavy (non-hydrogen) atoms. The van der Waals surface area contributed by atoms with Crippen LogP contribution in [-0.4, -0.2) is 16.9 Å². The van der Waals surface area contributed by atoms with Crippen molar-refractivity contribution in [3.63, 3.8) is 0 Å². The molecule has 0 radical (unpaired) electrons. The zero-order valence-electron chi connectivity index (χ0n) is 9.62. The molecule has 0 aromatic carbocycles. The van der Waals surface area contributed by atoms with E-state index in [1.165, 1.54) is 18.3 Å². The summed E-state index contributed by atoms with van der Waals surface area (Å²) in [5.41, 5.74) is 5.88. The zero-order chi connectivity index (χ0) is 12.3. The summed E-state index contributed by atoms with van der Waals surface area (Å²) in [6, 6.07) is 1.99. The summed E-state index contributed by atoms with van der Waals surface area (Å²) in [4.78, 5) is 15.1. The predicted octanol–water partition coefficient (Wildman–Crippen LogP) is 1.53. The molecule has 1 aromatic rings. The normalized spacial score (nSPS) is 13.3. The average Bonchev–Trinajstić information content (AvgIpc) is 2.19. The van der Waals surface area contributed by atoms with Crippen LogP contribution in [0.15, 0.2) is 18.3 Å². The van der Waals surface area contributed by atoms with Crippen molar-refractivity contribution in [1.82, 2.24) is 4.98 Å². The highest BCUT2D eigenvalue weighted by atomic mass is 19.1. The third-order valence-corrected chi connectivity index (χ3v) is 2.21. The number of hydrogen-bond donors (Lipinski definition) is 2. The minimum Gasteiger partial charge on any atom is -0.323 e. The summed E-state index contributed by atoms with van der Waals surface area (Å²) in [7, 11) is 0. The van der Waals surface area contributed by atoms with Gasteiger partial charge in [-0.15, -0.1) is 0 Å². The largest absolute Gasteiger partial charge is 0.323 e. The summed E-state index contributed by atoms with van der Waals surface area (Å²) in [6.45, 7) is 5.63. The van der Waals surface area contributed by atoms with Crippen LogP contribution in [0.2, 0.25) is 0 Å². The summed E-state index contributed by atoms with van der Waals surface area (Å²) in [6.07, 6.45) is 1.25. The number of rotatable bonds is 2. The quantitative estimate of drug-likeness (QED) is 0.750. The van der Waals surface area contributed by atoms with E-state index < -0.39 is 12.0 Å². The zero-order valence-corrected chi connectivity index (χ0v) is 9.62. The lowest BCUT2D eigenvalue weighted by Gasteiger charge is -2.25. The fraction of sp³-hybridized carbons (Fsp3) is 0.455. The van der Waals surface area contributed by atoms with E-state index in [2.05, 4.69) is 10.3 Å². The van der Waals surface area contributed by atoms with Gasteiger partial charge in [-0.25, -0.2) is 4.98 Å². The fourth-order valence-corrected chi connectivity index (χ4v) is 1.06. The Balaban J connectivity index is 2.68. The maximum Gasteiger partial charge on any atom is 0.241 e. The summed E-state index contributed by atoms with van der Waals surface area (Å²) < 4.78 is 12.5. The van der Waals surface area contributed by atoms with Crippen LogP contribution in [-0.2, 0) is 4.79 Å². The molecule has 0 saturated heterocycles. The van der Waals surface area contributed by atoms with E-state index >= 15 is 0 Å². The standard InChI is InChI=1S/C11H16FN3O/c1-11(2,3)9(13)10(16)15-7-4-5-8(12)14-6-7/h4-6,9H,13H2,1-3H3,(H,15,16)/t9-/m1/s1. The minimum atomic E-state index is -0.627. The van der Waals surface area contributed by atoms with Gasteiger partial charge < -0.3 is 11.1 Å². The lowest BCUT2D eigenvalue weighted by molar-refractivity contribution is -0.119. The third-order valence-electron chi connectivity index (χ3n) is 2.21. The number of nitrogens with zero attached hydrogens (tertiary/aromatic N) is 1. The molecular weight excluding hydrogens is 209 g/mol. The van der Waals surface area contributed by atoms with E-state index in [-0.39, 0.29) is 11.3 Å². The number of hydrogen-bond acceptors (Lipinski definition) is 3. The highest BCUT2D eigenvalue weighted by Gasteiger charge is 2.27. The second kappa shape index (κ2) is 4.57. The van der Waals surface area contributed by atoms with E-state index in [4.69, 9.17) is 5.73 Å². The maximum atomic E-state index is 12.5. The predicted molar refractivity (Wildman–Crippen MR) is 60.3 cm³/mol. The molecular formula is C11H16FN3O. The van der Waals surface area contributed by atoms with Gasteiger partial charge in [0.1, 0.15) is 0 Å². The van der Waals surface area contributed by atoms with Gasteiger partial charge in [0.05, 0.1) is 17.9 Å². The van der Waals surface area contributed by atoms with E-state index in [1.54, 1.807) is 0 Å². The molecule has 88 valence electrons. The first-order valence-electron chi connectivity index (χ1n) is 4.98. The first kappa shape index (κ1) is 12.6. The van der Waals surface area contributed by atoms with Gasteiger partial charge in [0.15, 0.2) is 0 Å². The Bertz CT molecular complexity index is 370. The molecule has 0 unspecified atom stereocenters. The second-order valence-electron chi connectivity index (χ2n) is 4.70. The van der Waals surface area contributed by atoms with Crippen molar-refractivity contribution in [2.75, 3.05) is 5.32 Å². The molecule has 0 aliphatic heterocycles. The summed E-state index contributed by atoms with van der Waals surface area (Å²) in [5.74, 6) is -0.890. The number of nitrogens with two attached hydrogens (primary N) is 1. The Morgan fingerprint density at radius 1 is 1.50 bits per heavy atom. The molecule has 0 aliphatic rings. The van der Waals surface area contributed by atoms with E-state index in [9.17, 15) is 9.18 Å². The van der Waals surface area contributed by atoms with Crippen LogP contribution in [0, 0.1) is 11.4 Å². The Kier molecular flexibility index (Phi) is 3.59. The Labute approximate surface area is 94.1 Å². The van der Waals surface area contributed by atoms with Crippen molar-refractivity contribution in [1.29, 1.82) is 0 Å². The molecule has 1 atom stereocenters. The van der Waals surface area contributed by atoms with Gasteiger partial charge in [0.2, 0.25) is 11.9 Å². The van der Waals surface area contributed by atoms with Gasteiger partial charge in [-0.1, -0.05) is 20.8 Å². The van der Waals surface area contributed by atoms with Crippen LogP contribution < -0.4 is 11.1 Å². The van der Waals surface area contributed by atoms with E-state index in [1.807, 2.05) is 20.8 Å². The number of carbonyl (C=O) groups is 1. The SMILES string of the molecule is CC(C)(C)[C@H](N)C(=O)Nc1ccc(F)nc1. The molecule has 1 heterocycles. The number of amides is 1. The smallest absolute Gasteiger partial charge is 0.241 e. The van der Waals surface area contributed by atoms with Crippen LogP contribution in [0.1, 0.15) is 20.8 Å². The van der Waals surface area contributed by atoms with E-state index in [0.717, 1.165) is 0 Å². The molecule has 0 fully saturated rings.